The normalized spacial score (nSPS) is 12.5. The van der Waals surface area contributed by atoms with Crippen LogP contribution in [0.25, 0.3) is 0 Å². The van der Waals surface area contributed by atoms with Crippen molar-refractivity contribution in [2.24, 2.45) is 0 Å². The second kappa shape index (κ2) is 5.75. The lowest BCUT2D eigenvalue weighted by molar-refractivity contribution is 0.0609. The summed E-state index contributed by atoms with van der Waals surface area (Å²) in [5.41, 5.74) is 0.365. The minimum Gasteiger partial charge on any atom is -0.389 e. The van der Waals surface area contributed by atoms with E-state index in [2.05, 4.69) is 10.3 Å². The average Bonchev–Trinajstić information content (AvgIpc) is 2.62. The highest BCUT2D eigenvalue weighted by Gasteiger charge is 2.10. The van der Waals surface area contributed by atoms with Crippen LogP contribution in [0.4, 0.5) is 0 Å². The monoisotopic (exact) mass is 232 g/mol. The number of hydrogen-bond acceptors (Lipinski definition) is 3. The molecule has 3 N–H and O–H groups in total. The molecule has 5 nitrogen and oxygen atoms in total. The van der Waals surface area contributed by atoms with Crippen LogP contribution in [-0.4, -0.2) is 42.4 Å². The van der Waals surface area contributed by atoms with Crippen LogP contribution in [0.2, 0.25) is 5.02 Å². The van der Waals surface area contributed by atoms with Crippen molar-refractivity contribution in [2.75, 3.05) is 20.3 Å². The van der Waals surface area contributed by atoms with Crippen molar-refractivity contribution in [1.29, 1.82) is 0 Å². The van der Waals surface area contributed by atoms with E-state index in [1.54, 1.807) is 0 Å². The van der Waals surface area contributed by atoms with Gasteiger partial charge in [-0.25, -0.2) is 0 Å². The lowest BCUT2D eigenvalue weighted by Crippen LogP contribution is -2.34. The maximum atomic E-state index is 11.4. The first-order valence-corrected chi connectivity index (χ1v) is 4.80. The number of aromatic amines is 1. The number of aliphatic hydroxyl groups excluding tert-OH is 1. The Bertz CT molecular complexity index is 327. The number of aromatic nitrogens is 1. The molecule has 0 aliphatic rings. The molecular weight excluding hydrogens is 220 g/mol. The van der Waals surface area contributed by atoms with E-state index in [4.69, 9.17) is 16.3 Å². The van der Waals surface area contributed by atoms with Gasteiger partial charge in [-0.3, -0.25) is 4.79 Å². The van der Waals surface area contributed by atoms with Gasteiger partial charge in [0.15, 0.2) is 0 Å². The Morgan fingerprint density at radius 3 is 3.07 bits per heavy atom. The molecule has 1 amide bonds. The second-order valence-electron chi connectivity index (χ2n) is 3.05. The number of H-pyrrole nitrogens is 1. The number of ether oxygens (including phenoxy) is 1. The molecule has 0 spiro atoms. The first-order valence-electron chi connectivity index (χ1n) is 4.42. The molecule has 15 heavy (non-hydrogen) atoms. The standard InChI is InChI=1S/C9H13ClN2O3/c1-15-5-7(13)4-12-9(14)8-2-6(10)3-11-8/h2-3,7,11,13H,4-5H2,1H3,(H,12,14). The summed E-state index contributed by atoms with van der Waals surface area (Å²) >= 11 is 5.64. The van der Waals surface area contributed by atoms with E-state index in [9.17, 15) is 9.90 Å². The Balaban J connectivity index is 2.36. The third-order valence-electron chi connectivity index (χ3n) is 1.75. The fourth-order valence-corrected chi connectivity index (χ4v) is 1.22. The number of nitrogens with one attached hydrogen (secondary N) is 2. The highest BCUT2D eigenvalue weighted by molar-refractivity contribution is 6.30. The number of methoxy groups -OCH3 is 1. The average molecular weight is 233 g/mol. The van der Waals surface area contributed by atoms with Crippen LogP contribution in [0, 0.1) is 0 Å². The zero-order valence-corrected chi connectivity index (χ0v) is 9.04. The summed E-state index contributed by atoms with van der Waals surface area (Å²) in [6.07, 6.45) is 0.812. The third-order valence-corrected chi connectivity index (χ3v) is 1.97. The summed E-state index contributed by atoms with van der Waals surface area (Å²) in [6.45, 7) is 0.328. The molecule has 84 valence electrons. The quantitative estimate of drug-likeness (QED) is 0.688. The van der Waals surface area contributed by atoms with E-state index in [-0.39, 0.29) is 19.1 Å². The van der Waals surface area contributed by atoms with Crippen LogP contribution in [0.15, 0.2) is 12.3 Å². The van der Waals surface area contributed by atoms with Crippen LogP contribution >= 0.6 is 11.6 Å². The largest absolute Gasteiger partial charge is 0.389 e. The van der Waals surface area contributed by atoms with Gasteiger partial charge in [0.25, 0.3) is 5.91 Å². The van der Waals surface area contributed by atoms with Crippen molar-refractivity contribution >= 4 is 17.5 Å². The van der Waals surface area contributed by atoms with E-state index in [1.165, 1.54) is 19.4 Å². The van der Waals surface area contributed by atoms with E-state index in [0.29, 0.717) is 10.7 Å². The predicted octanol–water partition coefficient (Wildman–Crippen LogP) is 0.405. The number of hydrogen-bond donors (Lipinski definition) is 3. The lowest BCUT2D eigenvalue weighted by atomic mass is 10.3. The lowest BCUT2D eigenvalue weighted by Gasteiger charge is -2.09. The number of aliphatic hydroxyl groups is 1. The zero-order chi connectivity index (χ0) is 11.3. The van der Waals surface area contributed by atoms with Gasteiger partial charge in [0.2, 0.25) is 0 Å². The van der Waals surface area contributed by atoms with Gasteiger partial charge < -0.3 is 20.1 Å². The Morgan fingerprint density at radius 1 is 1.80 bits per heavy atom. The molecular formula is C9H13ClN2O3. The van der Waals surface area contributed by atoms with Gasteiger partial charge in [0, 0.05) is 19.9 Å². The molecule has 1 heterocycles. The minimum atomic E-state index is -0.704. The summed E-state index contributed by atoms with van der Waals surface area (Å²) in [5.74, 6) is -0.308. The second-order valence-corrected chi connectivity index (χ2v) is 3.49. The van der Waals surface area contributed by atoms with Crippen molar-refractivity contribution in [3.63, 3.8) is 0 Å². The van der Waals surface area contributed by atoms with Crippen LogP contribution in [0.1, 0.15) is 10.5 Å². The molecule has 1 atom stereocenters. The molecule has 0 aromatic carbocycles. The Hall–Kier alpha value is -1.04. The van der Waals surface area contributed by atoms with E-state index >= 15 is 0 Å². The summed E-state index contributed by atoms with van der Waals surface area (Å²) in [7, 11) is 1.48. The fourth-order valence-electron chi connectivity index (χ4n) is 1.06. The van der Waals surface area contributed by atoms with Crippen molar-refractivity contribution in [3.8, 4) is 0 Å². The molecule has 0 bridgehead atoms. The molecule has 1 aromatic heterocycles. The van der Waals surface area contributed by atoms with Crippen LogP contribution in [0.5, 0.6) is 0 Å². The zero-order valence-electron chi connectivity index (χ0n) is 8.29. The predicted molar refractivity (Wildman–Crippen MR) is 56.0 cm³/mol. The third kappa shape index (κ3) is 3.91. The van der Waals surface area contributed by atoms with Crippen LogP contribution in [-0.2, 0) is 4.74 Å². The van der Waals surface area contributed by atoms with E-state index < -0.39 is 6.10 Å². The van der Waals surface area contributed by atoms with Crippen LogP contribution < -0.4 is 5.32 Å². The summed E-state index contributed by atoms with van der Waals surface area (Å²) < 4.78 is 4.72. The van der Waals surface area contributed by atoms with Crippen LogP contribution in [0.3, 0.4) is 0 Å². The number of carbonyl (C=O) groups excluding carboxylic acids is 1. The van der Waals surface area contributed by atoms with Gasteiger partial charge in [-0.15, -0.1) is 0 Å². The maximum Gasteiger partial charge on any atom is 0.267 e. The van der Waals surface area contributed by atoms with Gasteiger partial charge >= 0.3 is 0 Å². The van der Waals surface area contributed by atoms with E-state index in [1.807, 2.05) is 0 Å². The molecule has 0 aliphatic carbocycles. The van der Waals surface area contributed by atoms with Gasteiger partial charge in [-0.1, -0.05) is 11.6 Å². The molecule has 1 rings (SSSR count). The molecule has 1 aromatic rings. The van der Waals surface area contributed by atoms with Crippen molar-refractivity contribution in [1.82, 2.24) is 10.3 Å². The smallest absolute Gasteiger partial charge is 0.267 e. The molecule has 0 fully saturated rings. The fraction of sp³-hybridized carbons (Fsp3) is 0.444. The first kappa shape index (κ1) is 12.0. The maximum absolute atomic E-state index is 11.4. The molecule has 0 saturated heterocycles. The summed E-state index contributed by atoms with van der Waals surface area (Å²) in [5, 5.41) is 12.3. The van der Waals surface area contributed by atoms with Crippen molar-refractivity contribution in [2.45, 2.75) is 6.10 Å². The number of amides is 1. The summed E-state index contributed by atoms with van der Waals surface area (Å²) in [6, 6.07) is 1.51. The Kier molecular flexibility index (Phi) is 4.61. The van der Waals surface area contributed by atoms with Crippen molar-refractivity contribution in [3.05, 3.63) is 23.0 Å². The Morgan fingerprint density at radius 2 is 2.53 bits per heavy atom. The van der Waals surface area contributed by atoms with Gasteiger partial charge in [0.1, 0.15) is 5.69 Å². The molecule has 0 radical (unpaired) electrons. The summed E-state index contributed by atoms with van der Waals surface area (Å²) in [4.78, 5) is 14.1. The highest BCUT2D eigenvalue weighted by Crippen LogP contribution is 2.08. The highest BCUT2D eigenvalue weighted by atomic mass is 35.5. The Labute approximate surface area is 92.4 Å². The SMILES string of the molecule is COCC(O)CNC(=O)c1cc(Cl)c[nH]1. The van der Waals surface area contributed by atoms with Gasteiger partial charge in [0.05, 0.1) is 17.7 Å². The number of carbonyl (C=O) groups is 1. The topological polar surface area (TPSA) is 74.3 Å². The molecule has 6 heteroatoms. The molecule has 0 saturated carbocycles. The minimum absolute atomic E-state index is 0.142. The van der Waals surface area contributed by atoms with E-state index in [0.717, 1.165) is 0 Å². The molecule has 0 aliphatic heterocycles. The molecule has 1 unspecified atom stereocenters. The first-order chi connectivity index (χ1) is 7.13. The van der Waals surface area contributed by atoms with Gasteiger partial charge in [-0.2, -0.15) is 0 Å². The number of halogens is 1. The van der Waals surface area contributed by atoms with Gasteiger partial charge in [-0.05, 0) is 6.07 Å². The number of rotatable bonds is 5. The van der Waals surface area contributed by atoms with Crippen molar-refractivity contribution < 1.29 is 14.6 Å².